The molecule has 1 unspecified atom stereocenters. The fourth-order valence-corrected chi connectivity index (χ4v) is 0. The van der Waals surface area contributed by atoms with Crippen LogP contribution < -0.4 is 0 Å². The molecule has 0 aliphatic carbocycles. The lowest BCUT2D eigenvalue weighted by molar-refractivity contribution is -0.122. The van der Waals surface area contributed by atoms with Crippen LogP contribution in [0.25, 0.3) is 0 Å². The first-order valence-corrected chi connectivity index (χ1v) is 2.63. The lowest BCUT2D eigenvalue weighted by Gasteiger charge is -2.03. The third-order valence-corrected chi connectivity index (χ3v) is 1.18. The summed E-state index contributed by atoms with van der Waals surface area (Å²) in [6, 6.07) is 0. The van der Waals surface area contributed by atoms with Crippen molar-refractivity contribution in [2.24, 2.45) is 0 Å². The molecule has 1 nitrogen and oxygen atoms in total. The summed E-state index contributed by atoms with van der Waals surface area (Å²) >= 11 is 2.53. The molecule has 0 aromatic heterocycles. The monoisotopic (exact) mass is 168 g/mol. The highest BCUT2D eigenvalue weighted by Gasteiger charge is 2.23. The van der Waals surface area contributed by atoms with Gasteiger partial charge in [-0.15, -0.1) is 0 Å². The summed E-state index contributed by atoms with van der Waals surface area (Å²) in [6.07, 6.45) is 0. The maximum atomic E-state index is 12.1. The van der Waals surface area contributed by atoms with Gasteiger partial charge in [0.05, 0.1) is 0 Å². The molecule has 1 atom stereocenters. The van der Waals surface area contributed by atoms with Gasteiger partial charge in [-0.25, -0.2) is 4.39 Å². The SMILES string of the molecule is CC(=O)C(C)(F)Br. The molecule has 0 radical (unpaired) electrons. The molecule has 0 aromatic rings. The maximum absolute atomic E-state index is 12.1. The number of halogens is 2. The van der Waals surface area contributed by atoms with Gasteiger partial charge in [-0.1, -0.05) is 0 Å². The number of hydrogen-bond acceptors (Lipinski definition) is 1. The average Bonchev–Trinajstić information content (AvgIpc) is 1.31. The number of alkyl halides is 2. The highest BCUT2D eigenvalue weighted by molar-refractivity contribution is 9.10. The van der Waals surface area contributed by atoms with Crippen LogP contribution >= 0.6 is 15.9 Å². The second-order valence-electron chi connectivity index (χ2n) is 1.44. The van der Waals surface area contributed by atoms with Gasteiger partial charge in [0.25, 0.3) is 0 Å². The lowest BCUT2D eigenvalue weighted by atomic mass is 10.3. The Morgan fingerprint density at radius 1 is 1.86 bits per heavy atom. The summed E-state index contributed by atoms with van der Waals surface area (Å²) in [5.74, 6) is -0.507. The van der Waals surface area contributed by atoms with Crippen LogP contribution in [0.5, 0.6) is 0 Å². The Morgan fingerprint density at radius 3 is 2.00 bits per heavy atom. The Hall–Kier alpha value is 0.0800. The number of carbonyl (C=O) groups excluding carboxylic acids is 1. The van der Waals surface area contributed by atoms with Crippen molar-refractivity contribution in [3.8, 4) is 0 Å². The van der Waals surface area contributed by atoms with E-state index in [1.165, 1.54) is 6.92 Å². The minimum atomic E-state index is -1.83. The van der Waals surface area contributed by atoms with Crippen molar-refractivity contribution < 1.29 is 9.18 Å². The Kier molecular flexibility index (Phi) is 1.92. The van der Waals surface area contributed by atoms with Gasteiger partial charge in [-0.3, -0.25) is 4.79 Å². The van der Waals surface area contributed by atoms with Crippen LogP contribution in [-0.2, 0) is 4.79 Å². The molecular weight excluding hydrogens is 163 g/mol. The predicted octanol–water partition coefficient (Wildman–Crippen LogP) is 1.66. The molecule has 0 bridgehead atoms. The molecule has 0 aliphatic heterocycles. The summed E-state index contributed by atoms with van der Waals surface area (Å²) in [5.41, 5.74) is 0. The van der Waals surface area contributed by atoms with Crippen molar-refractivity contribution in [3.63, 3.8) is 0 Å². The minimum Gasteiger partial charge on any atom is -0.295 e. The normalized spacial score (nSPS) is 18.3. The molecule has 0 spiro atoms. The summed E-state index contributed by atoms with van der Waals surface area (Å²) in [7, 11) is 0. The van der Waals surface area contributed by atoms with E-state index in [9.17, 15) is 9.18 Å². The Balaban J connectivity index is 3.79. The first-order chi connectivity index (χ1) is 2.94. The zero-order chi connectivity index (χ0) is 6.08. The van der Waals surface area contributed by atoms with Gasteiger partial charge in [0.2, 0.25) is 4.58 Å². The van der Waals surface area contributed by atoms with E-state index in [4.69, 9.17) is 0 Å². The highest BCUT2D eigenvalue weighted by atomic mass is 79.9. The number of Topliss-reactive ketones (excluding diaryl/α,β-unsaturated/α-hetero) is 1. The first-order valence-electron chi connectivity index (χ1n) is 1.83. The van der Waals surface area contributed by atoms with Gasteiger partial charge in [-0.05, 0) is 29.8 Å². The van der Waals surface area contributed by atoms with Crippen LogP contribution in [0.2, 0.25) is 0 Å². The predicted molar refractivity (Wildman–Crippen MR) is 29.1 cm³/mol. The number of rotatable bonds is 1. The maximum Gasteiger partial charge on any atom is 0.219 e. The van der Waals surface area contributed by atoms with Crippen LogP contribution in [0.3, 0.4) is 0 Å². The molecule has 3 heteroatoms. The largest absolute Gasteiger partial charge is 0.295 e. The molecule has 42 valence electrons. The molecule has 0 aromatic carbocycles. The van der Waals surface area contributed by atoms with Crippen molar-refractivity contribution in [2.45, 2.75) is 18.4 Å². The average molecular weight is 169 g/mol. The van der Waals surface area contributed by atoms with E-state index >= 15 is 0 Å². The van der Waals surface area contributed by atoms with Crippen molar-refractivity contribution >= 4 is 21.7 Å². The lowest BCUT2D eigenvalue weighted by Crippen LogP contribution is -2.17. The van der Waals surface area contributed by atoms with Gasteiger partial charge in [-0.2, -0.15) is 0 Å². The summed E-state index contributed by atoms with van der Waals surface area (Å²) in [5, 5.41) is 0. The Labute approximate surface area is 50.0 Å². The number of hydrogen-bond donors (Lipinski definition) is 0. The minimum absolute atomic E-state index is 0.507. The third-order valence-electron chi connectivity index (χ3n) is 0.618. The molecule has 0 N–H and O–H groups in total. The van der Waals surface area contributed by atoms with Crippen molar-refractivity contribution in [3.05, 3.63) is 0 Å². The smallest absolute Gasteiger partial charge is 0.219 e. The number of ketones is 1. The van der Waals surface area contributed by atoms with E-state index in [-0.39, 0.29) is 0 Å². The molecule has 0 fully saturated rings. The van der Waals surface area contributed by atoms with Gasteiger partial charge in [0, 0.05) is 0 Å². The molecule has 0 heterocycles. The van der Waals surface area contributed by atoms with E-state index in [0.29, 0.717) is 0 Å². The zero-order valence-corrected chi connectivity index (χ0v) is 5.75. The van der Waals surface area contributed by atoms with Gasteiger partial charge in [0.15, 0.2) is 5.78 Å². The molecule has 0 saturated heterocycles. The highest BCUT2D eigenvalue weighted by Crippen LogP contribution is 2.18. The Bertz CT molecular complexity index is 84.2. The fraction of sp³-hybridized carbons (Fsp3) is 0.750. The van der Waals surface area contributed by atoms with Crippen LogP contribution in [0, 0.1) is 0 Å². The summed E-state index contributed by atoms with van der Waals surface area (Å²) in [6.45, 7) is 2.35. The van der Waals surface area contributed by atoms with Crippen molar-refractivity contribution in [2.75, 3.05) is 0 Å². The van der Waals surface area contributed by atoms with E-state index in [0.717, 1.165) is 6.92 Å². The second-order valence-corrected chi connectivity index (χ2v) is 2.93. The van der Waals surface area contributed by atoms with Gasteiger partial charge < -0.3 is 0 Å². The van der Waals surface area contributed by atoms with Crippen LogP contribution in [0.4, 0.5) is 4.39 Å². The fourth-order valence-electron chi connectivity index (χ4n) is 0. The summed E-state index contributed by atoms with van der Waals surface area (Å²) < 4.78 is 10.3. The molecule has 0 aliphatic rings. The van der Waals surface area contributed by atoms with Crippen molar-refractivity contribution in [1.29, 1.82) is 0 Å². The van der Waals surface area contributed by atoms with Gasteiger partial charge in [0.1, 0.15) is 0 Å². The molecule has 0 saturated carbocycles. The third kappa shape index (κ3) is 2.74. The standard InChI is InChI=1S/C4H6BrFO/c1-3(7)4(2,5)6/h1-2H3. The molecule has 0 rings (SSSR count). The van der Waals surface area contributed by atoms with Crippen LogP contribution in [0.15, 0.2) is 0 Å². The van der Waals surface area contributed by atoms with Gasteiger partial charge >= 0.3 is 0 Å². The zero-order valence-electron chi connectivity index (χ0n) is 4.16. The topological polar surface area (TPSA) is 17.1 Å². The second kappa shape index (κ2) is 1.90. The first kappa shape index (κ1) is 7.08. The molecule has 7 heavy (non-hydrogen) atoms. The van der Waals surface area contributed by atoms with Crippen LogP contribution in [-0.4, -0.2) is 10.4 Å². The van der Waals surface area contributed by atoms with E-state index in [1.807, 2.05) is 0 Å². The van der Waals surface area contributed by atoms with Crippen LogP contribution in [0.1, 0.15) is 13.8 Å². The molecule has 0 amide bonds. The summed E-state index contributed by atoms with van der Waals surface area (Å²) in [4.78, 5) is 10.0. The van der Waals surface area contributed by atoms with Crippen molar-refractivity contribution in [1.82, 2.24) is 0 Å². The quantitative estimate of drug-likeness (QED) is 0.545. The van der Waals surface area contributed by atoms with E-state index in [1.54, 1.807) is 0 Å². The Morgan fingerprint density at radius 2 is 2.00 bits per heavy atom. The van der Waals surface area contributed by atoms with E-state index < -0.39 is 10.4 Å². The molecular formula is C4H6BrFO. The number of carbonyl (C=O) groups is 1. The van der Waals surface area contributed by atoms with E-state index in [2.05, 4.69) is 15.9 Å².